The first-order chi connectivity index (χ1) is 8.56. The second kappa shape index (κ2) is 6.49. The fourth-order valence-electron chi connectivity index (χ4n) is 2.05. The molecule has 1 fully saturated rings. The van der Waals surface area contributed by atoms with Gasteiger partial charge in [-0.2, -0.15) is 0 Å². The summed E-state index contributed by atoms with van der Waals surface area (Å²) < 4.78 is 0. The van der Waals surface area contributed by atoms with Gasteiger partial charge in [-0.3, -0.25) is 14.9 Å². The maximum Gasteiger partial charge on any atom is 0.270 e. The summed E-state index contributed by atoms with van der Waals surface area (Å²) in [6, 6.07) is 4.53. The number of hydrogen-bond acceptors (Lipinski definition) is 4. The topological polar surface area (TPSA) is 84.3 Å². The molecule has 7 heteroatoms. The van der Waals surface area contributed by atoms with Gasteiger partial charge in [0.1, 0.15) is 0 Å². The maximum atomic E-state index is 12.0. The molecule has 6 nitrogen and oxygen atoms in total. The van der Waals surface area contributed by atoms with Crippen LogP contribution in [0.25, 0.3) is 0 Å². The van der Waals surface area contributed by atoms with Crippen molar-refractivity contribution < 1.29 is 9.72 Å². The number of hydrogen-bond donors (Lipinski definition) is 2. The predicted molar refractivity (Wildman–Crippen MR) is 73.8 cm³/mol. The minimum Gasteiger partial charge on any atom is -0.348 e. The van der Waals surface area contributed by atoms with Crippen LogP contribution in [0.15, 0.2) is 18.2 Å². The van der Waals surface area contributed by atoms with Gasteiger partial charge in [-0.05, 0) is 31.5 Å². The Kier molecular flexibility index (Phi) is 5.26. The fourth-order valence-corrected chi connectivity index (χ4v) is 2.05. The Morgan fingerprint density at radius 3 is 2.79 bits per heavy atom. The zero-order chi connectivity index (χ0) is 13.1. The lowest BCUT2D eigenvalue weighted by atomic mass is 10.1. The summed E-state index contributed by atoms with van der Waals surface area (Å²) in [6.07, 6.45) is 0.889. The van der Waals surface area contributed by atoms with Crippen LogP contribution in [0.1, 0.15) is 22.3 Å². The molecule has 2 N–H and O–H groups in total. The first kappa shape index (κ1) is 15.4. The highest BCUT2D eigenvalue weighted by Gasteiger charge is 2.19. The number of halogens is 1. The largest absolute Gasteiger partial charge is 0.348 e. The second-order valence-electron chi connectivity index (χ2n) is 4.48. The van der Waals surface area contributed by atoms with E-state index in [1.807, 2.05) is 0 Å². The lowest BCUT2D eigenvalue weighted by Gasteiger charge is -2.11. The van der Waals surface area contributed by atoms with Crippen molar-refractivity contribution in [2.24, 2.45) is 0 Å². The van der Waals surface area contributed by atoms with Gasteiger partial charge in [0.2, 0.25) is 0 Å². The molecule has 1 aromatic rings. The third kappa shape index (κ3) is 3.90. The Morgan fingerprint density at radius 2 is 2.21 bits per heavy atom. The van der Waals surface area contributed by atoms with Crippen LogP contribution in [0, 0.1) is 17.0 Å². The van der Waals surface area contributed by atoms with E-state index >= 15 is 0 Å². The van der Waals surface area contributed by atoms with Crippen molar-refractivity contribution in [1.82, 2.24) is 10.6 Å². The van der Waals surface area contributed by atoms with Gasteiger partial charge in [-0.25, -0.2) is 0 Å². The van der Waals surface area contributed by atoms with Gasteiger partial charge >= 0.3 is 0 Å². The molecule has 1 saturated heterocycles. The second-order valence-corrected chi connectivity index (χ2v) is 4.48. The number of nitro benzene ring substituents is 1. The van der Waals surface area contributed by atoms with E-state index in [9.17, 15) is 14.9 Å². The summed E-state index contributed by atoms with van der Waals surface area (Å²) in [4.78, 5) is 22.2. The Hall–Kier alpha value is -1.66. The fraction of sp³-hybridized carbons (Fsp3) is 0.417. The molecule has 1 aliphatic rings. The number of amides is 1. The predicted octanol–water partition coefficient (Wildman–Crippen LogP) is 1.42. The summed E-state index contributed by atoms with van der Waals surface area (Å²) in [5.41, 5.74) is 0.997. The van der Waals surface area contributed by atoms with Crippen LogP contribution in [0.5, 0.6) is 0 Å². The van der Waals surface area contributed by atoms with E-state index in [-0.39, 0.29) is 30.0 Å². The minimum atomic E-state index is -0.485. The van der Waals surface area contributed by atoms with E-state index in [0.717, 1.165) is 19.5 Å². The monoisotopic (exact) mass is 285 g/mol. The van der Waals surface area contributed by atoms with Crippen LogP contribution >= 0.6 is 12.4 Å². The molecule has 0 aromatic heterocycles. The summed E-state index contributed by atoms with van der Waals surface area (Å²) in [7, 11) is 0. The van der Waals surface area contributed by atoms with Crippen molar-refractivity contribution >= 4 is 24.0 Å². The molecule has 1 aliphatic heterocycles. The number of carbonyl (C=O) groups is 1. The van der Waals surface area contributed by atoms with Crippen LogP contribution in [-0.2, 0) is 0 Å². The summed E-state index contributed by atoms with van der Waals surface area (Å²) >= 11 is 0. The van der Waals surface area contributed by atoms with Gasteiger partial charge in [0.15, 0.2) is 0 Å². The molecular weight excluding hydrogens is 270 g/mol. The molecule has 1 aromatic carbocycles. The average Bonchev–Trinajstić information content (AvgIpc) is 2.80. The molecule has 1 atom stereocenters. The minimum absolute atomic E-state index is 0. The van der Waals surface area contributed by atoms with E-state index < -0.39 is 4.92 Å². The SMILES string of the molecule is Cc1cc(C(=O)NC2CCNC2)cc([N+](=O)[O-])c1.Cl. The summed E-state index contributed by atoms with van der Waals surface area (Å²) in [5, 5.41) is 16.7. The van der Waals surface area contributed by atoms with Gasteiger partial charge in [0.25, 0.3) is 11.6 Å². The smallest absolute Gasteiger partial charge is 0.270 e. The third-order valence-corrected chi connectivity index (χ3v) is 2.93. The van der Waals surface area contributed by atoms with Crippen molar-refractivity contribution in [2.45, 2.75) is 19.4 Å². The van der Waals surface area contributed by atoms with Crippen LogP contribution < -0.4 is 10.6 Å². The van der Waals surface area contributed by atoms with Crippen LogP contribution in [0.3, 0.4) is 0 Å². The highest BCUT2D eigenvalue weighted by atomic mass is 35.5. The normalized spacial score (nSPS) is 17.6. The quantitative estimate of drug-likeness (QED) is 0.650. The number of benzene rings is 1. The van der Waals surface area contributed by atoms with Crippen molar-refractivity contribution in [1.29, 1.82) is 0 Å². The van der Waals surface area contributed by atoms with Gasteiger partial charge < -0.3 is 10.6 Å². The van der Waals surface area contributed by atoms with Crippen LogP contribution in [0.2, 0.25) is 0 Å². The van der Waals surface area contributed by atoms with Crippen molar-refractivity contribution in [3.8, 4) is 0 Å². The molecule has 1 amide bonds. The van der Waals surface area contributed by atoms with Gasteiger partial charge in [-0.1, -0.05) is 0 Å². The number of carbonyl (C=O) groups excluding carboxylic acids is 1. The Labute approximate surface area is 117 Å². The Balaban J connectivity index is 0.00000180. The highest BCUT2D eigenvalue weighted by Crippen LogP contribution is 2.17. The van der Waals surface area contributed by atoms with Crippen molar-refractivity contribution in [3.63, 3.8) is 0 Å². The molecule has 1 unspecified atom stereocenters. The third-order valence-electron chi connectivity index (χ3n) is 2.93. The molecule has 0 spiro atoms. The Morgan fingerprint density at radius 1 is 1.47 bits per heavy atom. The van der Waals surface area contributed by atoms with Crippen molar-refractivity contribution in [2.75, 3.05) is 13.1 Å². The summed E-state index contributed by atoms with van der Waals surface area (Å²) in [5.74, 6) is -0.254. The summed E-state index contributed by atoms with van der Waals surface area (Å²) in [6.45, 7) is 3.37. The van der Waals surface area contributed by atoms with Crippen molar-refractivity contribution in [3.05, 3.63) is 39.4 Å². The van der Waals surface area contributed by atoms with Gasteiger partial charge in [0.05, 0.1) is 4.92 Å². The lowest BCUT2D eigenvalue weighted by molar-refractivity contribution is -0.384. The van der Waals surface area contributed by atoms with Gasteiger partial charge in [0, 0.05) is 30.3 Å². The van der Waals surface area contributed by atoms with E-state index in [1.54, 1.807) is 13.0 Å². The zero-order valence-corrected chi connectivity index (χ0v) is 11.3. The number of nitrogens with one attached hydrogen (secondary N) is 2. The maximum absolute atomic E-state index is 12.0. The number of nitro groups is 1. The standard InChI is InChI=1S/C12H15N3O3.ClH/c1-8-4-9(6-11(5-8)15(17)18)12(16)14-10-2-3-13-7-10;/h4-6,10,13H,2-3,7H2,1H3,(H,14,16);1H. The molecule has 0 bridgehead atoms. The Bertz CT molecular complexity index is 487. The molecule has 0 saturated carbocycles. The molecule has 0 aliphatic carbocycles. The molecule has 19 heavy (non-hydrogen) atoms. The first-order valence-electron chi connectivity index (χ1n) is 5.84. The highest BCUT2D eigenvalue weighted by molar-refractivity contribution is 5.95. The van der Waals surface area contributed by atoms with Crippen LogP contribution in [-0.4, -0.2) is 30.0 Å². The number of non-ortho nitro benzene ring substituents is 1. The number of aryl methyl sites for hydroxylation is 1. The average molecular weight is 286 g/mol. The van der Waals surface area contributed by atoms with Crippen LogP contribution in [0.4, 0.5) is 5.69 Å². The van der Waals surface area contributed by atoms with E-state index in [0.29, 0.717) is 11.1 Å². The van der Waals surface area contributed by atoms with Gasteiger partial charge in [-0.15, -0.1) is 12.4 Å². The van der Waals surface area contributed by atoms with E-state index in [1.165, 1.54) is 12.1 Å². The molecular formula is C12H16ClN3O3. The molecule has 104 valence electrons. The number of nitrogens with zero attached hydrogens (tertiary/aromatic N) is 1. The zero-order valence-electron chi connectivity index (χ0n) is 10.5. The first-order valence-corrected chi connectivity index (χ1v) is 5.84. The lowest BCUT2D eigenvalue weighted by Crippen LogP contribution is -2.36. The number of rotatable bonds is 3. The molecule has 2 rings (SSSR count). The van der Waals surface area contributed by atoms with E-state index in [4.69, 9.17) is 0 Å². The van der Waals surface area contributed by atoms with E-state index in [2.05, 4.69) is 10.6 Å². The molecule has 0 radical (unpaired) electrons. The molecule has 1 heterocycles.